The summed E-state index contributed by atoms with van der Waals surface area (Å²) < 4.78 is 13.6. The van der Waals surface area contributed by atoms with E-state index >= 15 is 0 Å². The van der Waals surface area contributed by atoms with Gasteiger partial charge in [-0.2, -0.15) is 0 Å². The van der Waals surface area contributed by atoms with Crippen LogP contribution >= 0.6 is 0 Å². The Morgan fingerprint density at radius 3 is 2.53 bits per heavy atom. The van der Waals surface area contributed by atoms with Crippen LogP contribution in [0.5, 0.6) is 0 Å². The fourth-order valence-electron chi connectivity index (χ4n) is 2.40. The SMILES string of the molecule is Cc1ccc(F)c(C2(O)CCCCC2)c1. The predicted octanol–water partition coefficient (Wildman–Crippen LogP) is 3.29. The van der Waals surface area contributed by atoms with E-state index in [0.29, 0.717) is 18.4 Å². The number of aryl methyl sites for hydroxylation is 1. The third-order valence-corrected chi connectivity index (χ3v) is 3.30. The van der Waals surface area contributed by atoms with Gasteiger partial charge in [-0.1, -0.05) is 37.0 Å². The molecule has 1 aromatic carbocycles. The largest absolute Gasteiger partial charge is 0.385 e. The van der Waals surface area contributed by atoms with Crippen LogP contribution in [-0.2, 0) is 5.60 Å². The maximum atomic E-state index is 13.6. The molecule has 0 spiro atoms. The molecule has 1 saturated carbocycles. The summed E-state index contributed by atoms with van der Waals surface area (Å²) in [6.45, 7) is 1.93. The second-order valence-corrected chi connectivity index (χ2v) is 4.58. The highest BCUT2D eigenvalue weighted by Gasteiger charge is 2.33. The molecule has 1 fully saturated rings. The molecule has 0 saturated heterocycles. The van der Waals surface area contributed by atoms with Crippen molar-refractivity contribution in [2.45, 2.75) is 44.6 Å². The fraction of sp³-hybridized carbons (Fsp3) is 0.538. The number of benzene rings is 1. The molecule has 15 heavy (non-hydrogen) atoms. The lowest BCUT2D eigenvalue weighted by molar-refractivity contribution is -0.00378. The highest BCUT2D eigenvalue weighted by atomic mass is 19.1. The maximum absolute atomic E-state index is 13.6. The molecule has 1 aliphatic rings. The molecule has 0 unspecified atom stereocenters. The molecule has 2 heteroatoms. The van der Waals surface area contributed by atoms with Gasteiger partial charge >= 0.3 is 0 Å². The van der Waals surface area contributed by atoms with Crippen LogP contribution in [0.3, 0.4) is 0 Å². The van der Waals surface area contributed by atoms with Crippen LogP contribution in [0.4, 0.5) is 4.39 Å². The first-order valence-electron chi connectivity index (χ1n) is 5.61. The third-order valence-electron chi connectivity index (χ3n) is 3.30. The third kappa shape index (κ3) is 2.05. The predicted molar refractivity (Wildman–Crippen MR) is 58.1 cm³/mol. The normalized spacial score (nSPS) is 20.2. The summed E-state index contributed by atoms with van der Waals surface area (Å²) in [7, 11) is 0. The van der Waals surface area contributed by atoms with Crippen molar-refractivity contribution in [3.63, 3.8) is 0 Å². The first kappa shape index (κ1) is 10.6. The number of aliphatic hydroxyl groups is 1. The molecule has 0 heterocycles. The minimum atomic E-state index is -0.922. The van der Waals surface area contributed by atoms with Crippen molar-refractivity contribution in [3.05, 3.63) is 35.1 Å². The Morgan fingerprint density at radius 1 is 1.20 bits per heavy atom. The van der Waals surface area contributed by atoms with Crippen LogP contribution in [0.25, 0.3) is 0 Å². The molecule has 1 N–H and O–H groups in total. The van der Waals surface area contributed by atoms with Crippen molar-refractivity contribution in [1.82, 2.24) is 0 Å². The molecule has 0 amide bonds. The van der Waals surface area contributed by atoms with Gasteiger partial charge in [0.1, 0.15) is 5.82 Å². The van der Waals surface area contributed by atoms with Crippen LogP contribution < -0.4 is 0 Å². The summed E-state index contributed by atoms with van der Waals surface area (Å²) in [5.74, 6) is -0.273. The molecule has 2 rings (SSSR count). The molecule has 1 nitrogen and oxygen atoms in total. The van der Waals surface area contributed by atoms with Crippen LogP contribution in [0.2, 0.25) is 0 Å². The minimum Gasteiger partial charge on any atom is -0.385 e. The monoisotopic (exact) mass is 208 g/mol. The molecule has 0 radical (unpaired) electrons. The van der Waals surface area contributed by atoms with E-state index in [4.69, 9.17) is 0 Å². The Kier molecular flexibility index (Phi) is 2.79. The summed E-state index contributed by atoms with van der Waals surface area (Å²) in [5.41, 5.74) is 0.571. The van der Waals surface area contributed by atoms with Gasteiger partial charge in [0.15, 0.2) is 0 Å². The molecule has 82 valence electrons. The molecular formula is C13H17FO. The summed E-state index contributed by atoms with van der Waals surface area (Å²) in [5, 5.41) is 10.4. The molecular weight excluding hydrogens is 191 g/mol. The van der Waals surface area contributed by atoms with Gasteiger partial charge in [0.25, 0.3) is 0 Å². The van der Waals surface area contributed by atoms with E-state index in [1.807, 2.05) is 6.92 Å². The Morgan fingerprint density at radius 2 is 1.87 bits per heavy atom. The zero-order chi connectivity index (χ0) is 10.9. The van der Waals surface area contributed by atoms with Crippen molar-refractivity contribution < 1.29 is 9.50 Å². The molecule has 0 bridgehead atoms. The fourth-order valence-corrected chi connectivity index (χ4v) is 2.40. The van der Waals surface area contributed by atoms with Crippen molar-refractivity contribution >= 4 is 0 Å². The summed E-state index contributed by atoms with van der Waals surface area (Å²) >= 11 is 0. The first-order chi connectivity index (χ1) is 7.12. The Bertz CT molecular complexity index is 354. The van der Waals surface area contributed by atoms with Gasteiger partial charge in [-0.25, -0.2) is 4.39 Å². The van der Waals surface area contributed by atoms with E-state index in [0.717, 1.165) is 24.8 Å². The Balaban J connectivity index is 2.38. The van der Waals surface area contributed by atoms with Crippen LogP contribution in [-0.4, -0.2) is 5.11 Å². The Hall–Kier alpha value is -0.890. The van der Waals surface area contributed by atoms with E-state index in [1.165, 1.54) is 6.07 Å². The van der Waals surface area contributed by atoms with Gasteiger partial charge in [0.2, 0.25) is 0 Å². The zero-order valence-electron chi connectivity index (χ0n) is 9.09. The van der Waals surface area contributed by atoms with Gasteiger partial charge in [0, 0.05) is 5.56 Å². The molecule has 1 aliphatic carbocycles. The van der Waals surface area contributed by atoms with Gasteiger partial charge in [0.05, 0.1) is 5.60 Å². The second-order valence-electron chi connectivity index (χ2n) is 4.58. The van der Waals surface area contributed by atoms with Gasteiger partial charge in [-0.05, 0) is 25.8 Å². The summed E-state index contributed by atoms with van der Waals surface area (Å²) in [4.78, 5) is 0. The van der Waals surface area contributed by atoms with E-state index in [1.54, 1.807) is 12.1 Å². The maximum Gasteiger partial charge on any atom is 0.129 e. The molecule has 1 aromatic rings. The highest BCUT2D eigenvalue weighted by Crippen LogP contribution is 2.38. The number of hydrogen-bond donors (Lipinski definition) is 1. The number of halogens is 1. The molecule has 0 aromatic heterocycles. The van der Waals surface area contributed by atoms with Crippen molar-refractivity contribution in [1.29, 1.82) is 0 Å². The first-order valence-corrected chi connectivity index (χ1v) is 5.61. The van der Waals surface area contributed by atoms with Crippen LogP contribution in [0, 0.1) is 12.7 Å². The van der Waals surface area contributed by atoms with E-state index in [9.17, 15) is 9.50 Å². The van der Waals surface area contributed by atoms with Gasteiger partial charge in [-0.3, -0.25) is 0 Å². The smallest absolute Gasteiger partial charge is 0.129 e. The molecule has 0 aliphatic heterocycles. The Labute approximate surface area is 89.9 Å². The lowest BCUT2D eigenvalue weighted by Crippen LogP contribution is -2.29. The average Bonchev–Trinajstić information content (AvgIpc) is 2.23. The quantitative estimate of drug-likeness (QED) is 0.750. The van der Waals surface area contributed by atoms with E-state index < -0.39 is 5.60 Å². The van der Waals surface area contributed by atoms with Gasteiger partial charge < -0.3 is 5.11 Å². The standard InChI is InChI=1S/C13H17FO/c1-10-5-6-12(14)11(9-10)13(15)7-3-2-4-8-13/h5-6,9,15H,2-4,7-8H2,1H3. The number of hydrogen-bond acceptors (Lipinski definition) is 1. The lowest BCUT2D eigenvalue weighted by atomic mass is 9.79. The summed E-state index contributed by atoms with van der Waals surface area (Å²) in [6.07, 6.45) is 4.50. The van der Waals surface area contributed by atoms with Crippen LogP contribution in [0.15, 0.2) is 18.2 Å². The van der Waals surface area contributed by atoms with Crippen molar-refractivity contribution in [3.8, 4) is 0 Å². The topological polar surface area (TPSA) is 20.2 Å². The summed E-state index contributed by atoms with van der Waals surface area (Å²) in [6, 6.07) is 4.98. The van der Waals surface area contributed by atoms with E-state index in [2.05, 4.69) is 0 Å². The average molecular weight is 208 g/mol. The molecule has 0 atom stereocenters. The second kappa shape index (κ2) is 3.93. The van der Waals surface area contributed by atoms with Gasteiger partial charge in [-0.15, -0.1) is 0 Å². The highest BCUT2D eigenvalue weighted by molar-refractivity contribution is 5.29. The van der Waals surface area contributed by atoms with E-state index in [-0.39, 0.29) is 5.82 Å². The lowest BCUT2D eigenvalue weighted by Gasteiger charge is -2.33. The van der Waals surface area contributed by atoms with Crippen molar-refractivity contribution in [2.75, 3.05) is 0 Å². The zero-order valence-corrected chi connectivity index (χ0v) is 9.09. The minimum absolute atomic E-state index is 0.273. The van der Waals surface area contributed by atoms with Crippen molar-refractivity contribution in [2.24, 2.45) is 0 Å². The number of rotatable bonds is 1. The van der Waals surface area contributed by atoms with Crippen LogP contribution in [0.1, 0.15) is 43.2 Å².